The minimum atomic E-state index is -4.94. The van der Waals surface area contributed by atoms with Crippen molar-refractivity contribution in [2.24, 2.45) is 0 Å². The monoisotopic (exact) mass is 1650 g/mol. The van der Waals surface area contributed by atoms with E-state index >= 15 is 0 Å². The van der Waals surface area contributed by atoms with Gasteiger partial charge >= 0.3 is 33.6 Å². The number of phosphoric ester groups is 2. The Bertz CT molecular complexity index is 2670. The minimum absolute atomic E-state index is 0.0884. The van der Waals surface area contributed by atoms with Gasteiger partial charge < -0.3 is 34.2 Å². The van der Waals surface area contributed by atoms with Gasteiger partial charge in [0, 0.05) is 19.3 Å². The van der Waals surface area contributed by atoms with Crippen LogP contribution in [-0.4, -0.2) is 95.9 Å². The van der Waals surface area contributed by atoms with E-state index in [1.807, 2.05) is 0 Å². The summed E-state index contributed by atoms with van der Waals surface area (Å²) in [6, 6.07) is 0. The fourth-order valence-electron chi connectivity index (χ4n) is 12.6. The summed E-state index contributed by atoms with van der Waals surface area (Å²) in [6.07, 6.45) is 112. The van der Waals surface area contributed by atoms with Crippen LogP contribution in [0.15, 0.2) is 146 Å². The average molecular weight is 1650 g/mol. The molecule has 0 aliphatic heterocycles. The number of allylic oxidation sites excluding steroid dienone is 24. The molecule has 0 aromatic rings. The number of phosphoric acid groups is 2. The van der Waals surface area contributed by atoms with Crippen LogP contribution in [0.5, 0.6) is 0 Å². The third kappa shape index (κ3) is 90.0. The number of aliphatic hydroxyl groups excluding tert-OH is 2. The molecule has 18 heteroatoms. The Morgan fingerprint density at radius 1 is 0.252 bits per heavy atom. The maximum atomic E-state index is 13.0. The molecule has 0 aromatic carbocycles. The molecule has 0 spiro atoms. The van der Waals surface area contributed by atoms with Crippen LogP contribution in [0.3, 0.4) is 0 Å². The molecule has 0 rings (SSSR count). The number of esters is 3. The second-order valence-corrected chi connectivity index (χ2v) is 33.6. The molecule has 115 heavy (non-hydrogen) atoms. The molecule has 0 aromatic heterocycles. The second-order valence-electron chi connectivity index (χ2n) is 30.7. The van der Waals surface area contributed by atoms with Gasteiger partial charge in [-0.15, -0.1) is 0 Å². The van der Waals surface area contributed by atoms with Gasteiger partial charge in [-0.2, -0.15) is 0 Å². The van der Waals surface area contributed by atoms with Gasteiger partial charge in [0.2, 0.25) is 0 Å². The van der Waals surface area contributed by atoms with E-state index < -0.39 is 91.5 Å². The number of unbranched alkanes of at least 4 members (excludes halogenated alkanes) is 40. The van der Waals surface area contributed by atoms with Gasteiger partial charge in [0.15, 0.2) is 6.10 Å². The van der Waals surface area contributed by atoms with Gasteiger partial charge in [0.25, 0.3) is 0 Å². The van der Waals surface area contributed by atoms with Crippen LogP contribution in [-0.2, 0) is 55.8 Å². The third-order valence-electron chi connectivity index (χ3n) is 19.5. The summed E-state index contributed by atoms with van der Waals surface area (Å²) >= 11 is 0. The second kappa shape index (κ2) is 88.7. The lowest BCUT2D eigenvalue weighted by Crippen LogP contribution is -2.30. The van der Waals surface area contributed by atoms with Crippen LogP contribution in [0, 0.1) is 0 Å². The number of carbonyl (C=O) groups excluding carboxylic acids is 3. The van der Waals surface area contributed by atoms with E-state index in [4.69, 9.17) is 32.3 Å². The molecule has 0 heterocycles. The highest BCUT2D eigenvalue weighted by atomic mass is 31.2. The smallest absolute Gasteiger partial charge is 0.463 e. The summed E-state index contributed by atoms with van der Waals surface area (Å²) in [6.45, 7) is 2.42. The van der Waals surface area contributed by atoms with Crippen molar-refractivity contribution < 1.29 is 75.8 Å². The van der Waals surface area contributed by atoms with E-state index in [2.05, 4.69) is 167 Å². The topological polar surface area (TPSA) is 231 Å². The number of rotatable bonds is 87. The Kier molecular flexibility index (Phi) is 85.2. The predicted molar refractivity (Wildman–Crippen MR) is 482 cm³/mol. The van der Waals surface area contributed by atoms with Crippen molar-refractivity contribution in [3.63, 3.8) is 0 Å². The Labute approximate surface area is 702 Å². The summed E-state index contributed by atoms with van der Waals surface area (Å²) in [5.74, 6) is -1.58. The zero-order valence-electron chi connectivity index (χ0n) is 72.9. The first-order valence-electron chi connectivity index (χ1n) is 46.1. The highest BCUT2D eigenvalue weighted by molar-refractivity contribution is 7.47. The normalized spacial score (nSPS) is 14.5. The highest BCUT2D eigenvalue weighted by Crippen LogP contribution is 2.45. The largest absolute Gasteiger partial charge is 0.472 e. The quantitative estimate of drug-likeness (QED) is 0.0146. The summed E-state index contributed by atoms with van der Waals surface area (Å²) in [5.41, 5.74) is 0. The van der Waals surface area contributed by atoms with Gasteiger partial charge in [0.1, 0.15) is 25.4 Å². The van der Waals surface area contributed by atoms with Crippen LogP contribution in [0.2, 0.25) is 0 Å². The first kappa shape index (κ1) is 110. The third-order valence-corrected chi connectivity index (χ3v) is 21.4. The van der Waals surface area contributed by atoms with Crippen LogP contribution in [0.25, 0.3) is 0 Å². The molecular formula is C97H168O16P2. The fraction of sp³-hybridized carbons (Fsp3) is 0.722. The van der Waals surface area contributed by atoms with Gasteiger partial charge in [-0.1, -0.05) is 385 Å². The summed E-state index contributed by atoms with van der Waals surface area (Å²) in [5, 5.41) is 20.7. The lowest BCUT2D eigenvalue weighted by molar-refractivity contribution is -0.161. The Balaban J connectivity index is 4.38. The minimum Gasteiger partial charge on any atom is -0.463 e. The van der Waals surface area contributed by atoms with E-state index in [0.717, 1.165) is 154 Å². The van der Waals surface area contributed by atoms with Crippen molar-refractivity contribution in [3.05, 3.63) is 146 Å². The maximum absolute atomic E-state index is 13.0. The fourth-order valence-corrected chi connectivity index (χ4v) is 14.2. The average Bonchev–Trinajstić information content (AvgIpc) is 0.901. The molecule has 0 aliphatic carbocycles. The first-order chi connectivity index (χ1) is 56.2. The molecule has 0 saturated carbocycles. The van der Waals surface area contributed by atoms with Crippen molar-refractivity contribution >= 4 is 33.6 Å². The number of hydrogen-bond acceptors (Lipinski definition) is 14. The summed E-state index contributed by atoms with van der Waals surface area (Å²) in [7, 11) is -9.80. The van der Waals surface area contributed by atoms with Crippen LogP contribution in [0.1, 0.15) is 393 Å². The van der Waals surface area contributed by atoms with Gasteiger partial charge in [0.05, 0.1) is 26.4 Å². The van der Waals surface area contributed by atoms with Crippen molar-refractivity contribution in [1.82, 2.24) is 0 Å². The van der Waals surface area contributed by atoms with E-state index in [0.29, 0.717) is 19.3 Å². The molecule has 5 atom stereocenters. The van der Waals surface area contributed by atoms with Crippen molar-refractivity contribution in [3.8, 4) is 0 Å². The highest BCUT2D eigenvalue weighted by Gasteiger charge is 2.29. The van der Waals surface area contributed by atoms with Gasteiger partial charge in [-0.3, -0.25) is 32.5 Å². The van der Waals surface area contributed by atoms with E-state index in [9.17, 15) is 43.5 Å². The molecule has 16 nitrogen and oxygen atoms in total. The summed E-state index contributed by atoms with van der Waals surface area (Å²) in [4.78, 5) is 58.8. The zero-order chi connectivity index (χ0) is 83.6. The summed E-state index contributed by atoms with van der Waals surface area (Å²) < 4.78 is 61.3. The van der Waals surface area contributed by atoms with Crippen molar-refractivity contribution in [1.29, 1.82) is 0 Å². The number of hydrogen-bond donors (Lipinski definition) is 4. The molecule has 0 aliphatic rings. The lowest BCUT2D eigenvalue weighted by atomic mass is 10.0. The molecule has 0 radical (unpaired) electrons. The number of ether oxygens (including phenoxy) is 3. The molecule has 0 fully saturated rings. The molecular weight excluding hydrogens is 1480 g/mol. The number of aliphatic hydroxyl groups is 2. The van der Waals surface area contributed by atoms with E-state index in [1.54, 1.807) is 0 Å². The number of carbonyl (C=O) groups is 3. The lowest BCUT2D eigenvalue weighted by Gasteiger charge is -2.21. The van der Waals surface area contributed by atoms with E-state index in [-0.39, 0.29) is 19.3 Å². The standard InChI is InChI=1S/C97H168O16P2/c1-4-7-10-13-16-19-22-25-27-29-31-33-35-37-39-41-43-45-47-49-51-53-55-57-59-61-63-66-68-71-74-77-80-83-95(100)107-86-92(98)87-109-114(103,104)110-88-93(99)89-111-115(105,106)112-91-94(113-97(102)85-82-79-76-73-70-65-24-21-18-15-12-9-6-3)90-108-96(101)84-81-78-75-72-69-67-64-62-60-58-56-54-52-50-48-46-44-42-40-38-36-34-32-30-28-26-23-20-17-14-11-8-5-2/h7-8,10-12,15-17,19-21,24-28,31-34,37-40,92-94,98-99H,4-6,9,13-14,18,22-23,29-30,35-36,41-91H2,1-3H3,(H,103,104)(H,105,106)/b10-7-,11-8-,15-12-,19-16-,20-17-,24-21-,27-25-,28-26-,33-31-,34-32-,39-37-,40-38-. The first-order valence-corrected chi connectivity index (χ1v) is 49.1. The molecule has 0 bridgehead atoms. The van der Waals surface area contributed by atoms with Gasteiger partial charge in [-0.25, -0.2) is 9.13 Å². The van der Waals surface area contributed by atoms with Crippen molar-refractivity contribution in [2.45, 2.75) is 411 Å². The zero-order valence-corrected chi connectivity index (χ0v) is 74.7. The SMILES string of the molecule is CC/C=C\C/C=C\C/C=C\C/C=C\C/C=C\CCCCCCCCCCCCCCCCCCCC(=O)OCC(O)COP(=O)(O)OCC(O)COP(=O)(O)OCC(COC(=O)CCCCCCCCCCCCCCCCCCC/C=C\C/C=C\C/C=C\C/C=C\C/C=C\CC)OC(=O)CCCCCCC/C=C\C/C=C\CCC. The molecule has 5 unspecified atom stereocenters. The van der Waals surface area contributed by atoms with Crippen molar-refractivity contribution in [2.75, 3.05) is 39.6 Å². The molecule has 662 valence electrons. The van der Waals surface area contributed by atoms with Crippen LogP contribution >= 0.6 is 15.6 Å². The maximum Gasteiger partial charge on any atom is 0.472 e. The van der Waals surface area contributed by atoms with E-state index in [1.165, 1.54) is 180 Å². The van der Waals surface area contributed by atoms with Crippen LogP contribution in [0.4, 0.5) is 0 Å². The molecule has 4 N–H and O–H groups in total. The predicted octanol–water partition coefficient (Wildman–Crippen LogP) is 28.3. The molecule has 0 saturated heterocycles. The Morgan fingerprint density at radius 3 is 0.730 bits per heavy atom. The van der Waals surface area contributed by atoms with Gasteiger partial charge in [-0.05, 0) is 135 Å². The Hall–Kier alpha value is -4.57. The van der Waals surface area contributed by atoms with Crippen LogP contribution < -0.4 is 0 Å². The Morgan fingerprint density at radius 2 is 0.461 bits per heavy atom. The molecule has 0 amide bonds.